The molecular weight excluding hydrogens is 506 g/mol. The Morgan fingerprint density at radius 1 is 1.05 bits per heavy atom. The van der Waals surface area contributed by atoms with Gasteiger partial charge >= 0.3 is 0 Å². The van der Waals surface area contributed by atoms with Crippen LogP contribution in [0.4, 0.5) is 11.4 Å². The Kier molecular flexibility index (Phi) is 8.39. The van der Waals surface area contributed by atoms with Crippen LogP contribution in [0.5, 0.6) is 11.5 Å². The molecule has 194 valence electrons. The summed E-state index contributed by atoms with van der Waals surface area (Å²) in [7, 11) is 3.09. The Hall–Kier alpha value is -4.64. The molecule has 3 aromatic carbocycles. The molecule has 1 N–H and O–H groups in total. The molecule has 1 amide bonds. The van der Waals surface area contributed by atoms with E-state index in [1.54, 1.807) is 55.7 Å². The van der Waals surface area contributed by atoms with Crippen molar-refractivity contribution in [2.45, 2.75) is 17.5 Å². The van der Waals surface area contributed by atoms with Gasteiger partial charge in [-0.2, -0.15) is 0 Å². The van der Waals surface area contributed by atoms with Crippen molar-refractivity contribution in [1.29, 1.82) is 0 Å². The Balaban J connectivity index is 1.42. The van der Waals surface area contributed by atoms with Crippen LogP contribution in [0.2, 0.25) is 0 Å². The van der Waals surface area contributed by atoms with Gasteiger partial charge in [-0.25, -0.2) is 0 Å². The minimum absolute atomic E-state index is 0.0130. The highest BCUT2D eigenvalue weighted by Crippen LogP contribution is 2.30. The van der Waals surface area contributed by atoms with Gasteiger partial charge in [0.05, 0.1) is 19.1 Å². The SMILES string of the molecule is C=CCn1c(SCc2ccc(C(=O)Nc3ccc(OC)c(OC)c3)cc2)nnc1-c1ccc([N+](=O)[O-])cc1. The minimum atomic E-state index is -0.440. The average Bonchev–Trinajstić information content (AvgIpc) is 3.34. The fourth-order valence-electron chi connectivity index (χ4n) is 3.65. The van der Waals surface area contributed by atoms with E-state index in [1.807, 2.05) is 16.7 Å². The van der Waals surface area contributed by atoms with Crippen molar-refractivity contribution in [1.82, 2.24) is 14.8 Å². The molecule has 0 bridgehead atoms. The van der Waals surface area contributed by atoms with E-state index >= 15 is 0 Å². The molecule has 0 unspecified atom stereocenters. The summed E-state index contributed by atoms with van der Waals surface area (Å²) in [5.74, 6) is 2.07. The summed E-state index contributed by atoms with van der Waals surface area (Å²) in [5, 5.41) is 23.1. The van der Waals surface area contributed by atoms with Crippen LogP contribution in [-0.4, -0.2) is 39.8 Å². The Labute approximate surface area is 223 Å². The molecule has 0 atom stereocenters. The minimum Gasteiger partial charge on any atom is -0.493 e. The van der Waals surface area contributed by atoms with Gasteiger partial charge in [-0.3, -0.25) is 19.5 Å². The zero-order valence-corrected chi connectivity index (χ0v) is 21.6. The summed E-state index contributed by atoms with van der Waals surface area (Å²) in [6, 6.07) is 18.7. The van der Waals surface area contributed by atoms with E-state index in [4.69, 9.17) is 9.47 Å². The maximum Gasteiger partial charge on any atom is 0.269 e. The summed E-state index contributed by atoms with van der Waals surface area (Å²) >= 11 is 1.50. The topological polar surface area (TPSA) is 121 Å². The second-order valence-corrected chi connectivity index (χ2v) is 8.96. The Morgan fingerprint density at radius 2 is 1.76 bits per heavy atom. The lowest BCUT2D eigenvalue weighted by molar-refractivity contribution is -0.384. The highest BCUT2D eigenvalue weighted by molar-refractivity contribution is 7.98. The Bertz CT molecular complexity index is 1450. The van der Waals surface area contributed by atoms with Gasteiger partial charge in [-0.1, -0.05) is 30.0 Å². The van der Waals surface area contributed by atoms with Gasteiger partial charge in [-0.05, 0) is 42.0 Å². The summed E-state index contributed by atoms with van der Waals surface area (Å²) in [5.41, 5.74) is 2.85. The first-order valence-corrected chi connectivity index (χ1v) is 12.5. The fraction of sp³-hybridized carbons (Fsp3) is 0.148. The molecule has 0 aliphatic rings. The van der Waals surface area contributed by atoms with Crippen molar-refractivity contribution < 1.29 is 19.2 Å². The van der Waals surface area contributed by atoms with Crippen molar-refractivity contribution >= 4 is 29.0 Å². The second-order valence-electron chi connectivity index (χ2n) is 8.02. The van der Waals surface area contributed by atoms with E-state index in [1.165, 1.54) is 31.0 Å². The number of non-ortho nitro benzene ring substituents is 1. The highest BCUT2D eigenvalue weighted by Gasteiger charge is 2.15. The number of carbonyl (C=O) groups is 1. The predicted octanol–water partition coefficient (Wildman–Crippen LogP) is 5.60. The van der Waals surface area contributed by atoms with E-state index in [-0.39, 0.29) is 11.6 Å². The first-order chi connectivity index (χ1) is 18.4. The van der Waals surface area contributed by atoms with Crippen LogP contribution >= 0.6 is 11.8 Å². The van der Waals surface area contributed by atoms with E-state index < -0.39 is 4.92 Å². The molecule has 4 rings (SSSR count). The maximum atomic E-state index is 12.7. The molecule has 4 aromatic rings. The molecule has 1 heterocycles. The lowest BCUT2D eigenvalue weighted by Gasteiger charge is -2.11. The summed E-state index contributed by atoms with van der Waals surface area (Å²) in [6.07, 6.45) is 1.74. The number of benzene rings is 3. The molecule has 0 radical (unpaired) electrons. The van der Waals surface area contributed by atoms with E-state index in [0.29, 0.717) is 46.0 Å². The number of anilines is 1. The quantitative estimate of drug-likeness (QED) is 0.115. The van der Waals surface area contributed by atoms with Gasteiger partial charge in [-0.15, -0.1) is 16.8 Å². The summed E-state index contributed by atoms with van der Waals surface area (Å²) in [6.45, 7) is 4.30. The molecule has 0 aliphatic carbocycles. The largest absolute Gasteiger partial charge is 0.493 e. The summed E-state index contributed by atoms with van der Waals surface area (Å²) < 4.78 is 12.4. The van der Waals surface area contributed by atoms with Crippen LogP contribution in [0.15, 0.2) is 84.5 Å². The smallest absolute Gasteiger partial charge is 0.269 e. The molecule has 38 heavy (non-hydrogen) atoms. The molecule has 0 fully saturated rings. The first kappa shape index (κ1) is 26.4. The maximum absolute atomic E-state index is 12.7. The number of carbonyl (C=O) groups excluding carboxylic acids is 1. The molecule has 0 saturated heterocycles. The normalized spacial score (nSPS) is 10.6. The van der Waals surface area contributed by atoms with Crippen LogP contribution in [0.25, 0.3) is 11.4 Å². The number of allylic oxidation sites excluding steroid dienone is 1. The standard InChI is InChI=1S/C27H25N5O5S/c1-4-15-31-25(19-9-12-22(13-10-19)32(34)35)29-30-27(31)38-17-18-5-7-20(8-6-18)26(33)28-21-11-14-23(36-2)24(16-21)37-3/h4-14,16H,1,15,17H2,2-3H3,(H,28,33). The number of ether oxygens (including phenoxy) is 2. The second kappa shape index (κ2) is 12.1. The van der Waals surface area contributed by atoms with Gasteiger partial charge < -0.3 is 14.8 Å². The molecule has 0 aliphatic heterocycles. The Morgan fingerprint density at radius 3 is 2.39 bits per heavy atom. The number of nitrogens with one attached hydrogen (secondary N) is 1. The molecular formula is C27H25N5O5S. The van der Waals surface area contributed by atoms with E-state index in [9.17, 15) is 14.9 Å². The molecule has 10 nitrogen and oxygen atoms in total. The van der Waals surface area contributed by atoms with Crippen LogP contribution in [0.1, 0.15) is 15.9 Å². The number of thioether (sulfide) groups is 1. The van der Waals surface area contributed by atoms with E-state index in [0.717, 1.165) is 11.1 Å². The number of aromatic nitrogens is 3. The van der Waals surface area contributed by atoms with Gasteiger partial charge in [0.1, 0.15) is 0 Å². The highest BCUT2D eigenvalue weighted by atomic mass is 32.2. The number of hydrogen-bond donors (Lipinski definition) is 1. The predicted molar refractivity (Wildman–Crippen MR) is 146 cm³/mol. The van der Waals surface area contributed by atoms with Crippen molar-refractivity contribution in [2.24, 2.45) is 0 Å². The monoisotopic (exact) mass is 531 g/mol. The average molecular weight is 532 g/mol. The first-order valence-electron chi connectivity index (χ1n) is 11.5. The molecule has 1 aromatic heterocycles. The van der Waals surface area contributed by atoms with Crippen molar-refractivity contribution in [3.8, 4) is 22.9 Å². The number of nitro groups is 1. The molecule has 11 heteroatoms. The van der Waals surface area contributed by atoms with Crippen molar-refractivity contribution in [3.63, 3.8) is 0 Å². The third-order valence-electron chi connectivity index (χ3n) is 5.59. The van der Waals surface area contributed by atoms with Crippen molar-refractivity contribution in [3.05, 3.63) is 101 Å². The molecule has 0 spiro atoms. The van der Waals surface area contributed by atoms with Crippen LogP contribution in [0.3, 0.4) is 0 Å². The number of rotatable bonds is 11. The lowest BCUT2D eigenvalue weighted by Crippen LogP contribution is -2.12. The zero-order chi connectivity index (χ0) is 27.1. The third-order valence-corrected chi connectivity index (χ3v) is 6.63. The van der Waals surface area contributed by atoms with Crippen molar-refractivity contribution in [2.75, 3.05) is 19.5 Å². The zero-order valence-electron chi connectivity index (χ0n) is 20.8. The van der Waals surface area contributed by atoms with Gasteiger partial charge in [0, 0.05) is 47.3 Å². The van der Waals surface area contributed by atoms with Gasteiger partial charge in [0.25, 0.3) is 11.6 Å². The lowest BCUT2D eigenvalue weighted by atomic mass is 10.1. The van der Waals surface area contributed by atoms with Crippen LogP contribution < -0.4 is 14.8 Å². The van der Waals surface area contributed by atoms with Gasteiger partial charge in [0.2, 0.25) is 0 Å². The fourth-order valence-corrected chi connectivity index (χ4v) is 4.56. The van der Waals surface area contributed by atoms with E-state index in [2.05, 4.69) is 22.1 Å². The summed E-state index contributed by atoms with van der Waals surface area (Å²) in [4.78, 5) is 23.2. The number of nitrogens with zero attached hydrogens (tertiary/aromatic N) is 4. The number of hydrogen-bond acceptors (Lipinski definition) is 8. The number of amides is 1. The van der Waals surface area contributed by atoms with Crippen LogP contribution in [-0.2, 0) is 12.3 Å². The number of methoxy groups -OCH3 is 2. The molecule has 0 saturated carbocycles. The number of nitro benzene ring substituents is 1. The van der Waals surface area contributed by atoms with Crippen LogP contribution in [0, 0.1) is 10.1 Å². The van der Waals surface area contributed by atoms with Gasteiger partial charge in [0.15, 0.2) is 22.5 Å². The third kappa shape index (κ3) is 6.01.